The first-order chi connectivity index (χ1) is 8.78. The summed E-state index contributed by atoms with van der Waals surface area (Å²) in [6.07, 6.45) is -1.94. The average molecular weight is 276 g/mol. The fraction of sp³-hybridized carbons (Fsp3) is 0.667. The molecule has 0 unspecified atom stereocenters. The highest BCUT2D eigenvalue weighted by Crippen LogP contribution is 2.20. The van der Waals surface area contributed by atoms with Crippen LogP contribution < -0.4 is 10.2 Å². The van der Waals surface area contributed by atoms with E-state index >= 15 is 0 Å². The van der Waals surface area contributed by atoms with Crippen molar-refractivity contribution in [3.63, 3.8) is 0 Å². The normalized spacial score (nSPS) is 11.9. The Kier molecular flexibility index (Phi) is 5.53. The van der Waals surface area contributed by atoms with Crippen molar-refractivity contribution in [2.75, 3.05) is 18.5 Å². The number of rotatable bonds is 6. The number of anilines is 1. The van der Waals surface area contributed by atoms with Crippen molar-refractivity contribution in [1.82, 2.24) is 15.3 Å². The number of aromatic nitrogens is 2. The lowest BCUT2D eigenvalue weighted by atomic mass is 10.3. The molecule has 4 nitrogen and oxygen atoms in total. The van der Waals surface area contributed by atoms with E-state index in [0.717, 1.165) is 0 Å². The van der Waals surface area contributed by atoms with Crippen LogP contribution in [0.25, 0.3) is 0 Å². The first kappa shape index (κ1) is 15.7. The third kappa shape index (κ3) is 6.37. The van der Waals surface area contributed by atoms with Gasteiger partial charge in [0.2, 0.25) is 0 Å². The van der Waals surface area contributed by atoms with Crippen LogP contribution in [-0.4, -0.2) is 35.8 Å². The summed E-state index contributed by atoms with van der Waals surface area (Å²) in [4.78, 5) is 9.74. The van der Waals surface area contributed by atoms with Gasteiger partial charge in [0, 0.05) is 32.4 Å². The minimum atomic E-state index is -4.15. The molecule has 0 aromatic carbocycles. The molecule has 0 amide bonds. The minimum absolute atomic E-state index is 0.126. The second-order valence-corrected chi connectivity index (χ2v) is 4.69. The number of nitrogens with one attached hydrogen (secondary N) is 1. The maximum atomic E-state index is 12.1. The number of hydrogen-bond donors (Lipinski definition) is 1. The van der Waals surface area contributed by atoms with Gasteiger partial charge in [-0.25, -0.2) is 4.98 Å². The van der Waals surface area contributed by atoms with Gasteiger partial charge >= 0.3 is 6.18 Å². The highest BCUT2D eigenvalue weighted by molar-refractivity contribution is 5.34. The summed E-state index contributed by atoms with van der Waals surface area (Å²) >= 11 is 0. The first-order valence-electron chi connectivity index (χ1n) is 6.10. The van der Waals surface area contributed by atoms with Crippen molar-refractivity contribution in [2.24, 2.45) is 0 Å². The average Bonchev–Trinajstić information content (AvgIpc) is 2.33. The van der Waals surface area contributed by atoms with Gasteiger partial charge in [-0.05, 0) is 0 Å². The molecule has 1 aromatic rings. The van der Waals surface area contributed by atoms with Crippen molar-refractivity contribution in [3.8, 4) is 0 Å². The molecule has 7 heteroatoms. The molecule has 0 atom stereocenters. The number of nitrogens with zero attached hydrogens (tertiary/aromatic N) is 3. The van der Waals surface area contributed by atoms with Crippen LogP contribution in [0.1, 0.15) is 26.0 Å². The van der Waals surface area contributed by atoms with E-state index in [1.165, 1.54) is 11.1 Å². The molecule has 1 aromatic heterocycles. The highest BCUT2D eigenvalue weighted by Gasteiger charge is 2.27. The molecule has 1 rings (SSSR count). The second kappa shape index (κ2) is 6.70. The van der Waals surface area contributed by atoms with E-state index in [9.17, 15) is 13.2 Å². The lowest BCUT2D eigenvalue weighted by molar-refractivity contribution is -0.132. The molecule has 0 radical (unpaired) electrons. The number of alkyl halides is 3. The molecular formula is C12H19F3N4. The Morgan fingerprint density at radius 2 is 2.00 bits per heavy atom. The van der Waals surface area contributed by atoms with Gasteiger partial charge in [0.05, 0.1) is 18.3 Å². The van der Waals surface area contributed by atoms with E-state index in [2.05, 4.69) is 15.3 Å². The predicted molar refractivity (Wildman–Crippen MR) is 67.9 cm³/mol. The SMILES string of the molecule is CC(C)NCc1cncc(N(C)CCC(F)(F)F)n1. The predicted octanol–water partition coefficient (Wildman–Crippen LogP) is 2.36. The largest absolute Gasteiger partial charge is 0.390 e. The second-order valence-electron chi connectivity index (χ2n) is 4.69. The molecule has 0 aliphatic heterocycles. The third-order valence-corrected chi connectivity index (χ3v) is 2.48. The summed E-state index contributed by atoms with van der Waals surface area (Å²) in [6.45, 7) is 4.43. The quantitative estimate of drug-likeness (QED) is 0.866. The highest BCUT2D eigenvalue weighted by atomic mass is 19.4. The molecule has 0 bridgehead atoms. The molecule has 19 heavy (non-hydrogen) atoms. The van der Waals surface area contributed by atoms with Crippen LogP contribution in [0.4, 0.5) is 19.0 Å². The Balaban J connectivity index is 2.60. The molecule has 0 spiro atoms. The van der Waals surface area contributed by atoms with Crippen LogP contribution in [0.3, 0.4) is 0 Å². The van der Waals surface area contributed by atoms with Crippen LogP contribution >= 0.6 is 0 Å². The van der Waals surface area contributed by atoms with Gasteiger partial charge in [-0.3, -0.25) is 4.98 Å². The third-order valence-electron chi connectivity index (χ3n) is 2.48. The van der Waals surface area contributed by atoms with Crippen LogP contribution in [0.15, 0.2) is 12.4 Å². The first-order valence-corrected chi connectivity index (χ1v) is 6.10. The Labute approximate surface area is 111 Å². The maximum absolute atomic E-state index is 12.1. The monoisotopic (exact) mass is 276 g/mol. The number of halogens is 3. The molecule has 108 valence electrons. The standard InChI is InChI=1S/C12H19F3N4/c1-9(2)17-7-10-6-16-8-11(18-10)19(3)5-4-12(13,14)15/h6,8-9,17H,4-5,7H2,1-3H3. The van der Waals surface area contributed by atoms with Gasteiger partial charge < -0.3 is 10.2 Å². The Bertz CT molecular complexity index is 393. The van der Waals surface area contributed by atoms with Gasteiger partial charge in [-0.15, -0.1) is 0 Å². The van der Waals surface area contributed by atoms with E-state index in [1.54, 1.807) is 13.2 Å². The van der Waals surface area contributed by atoms with Crippen molar-refractivity contribution in [2.45, 2.75) is 39.0 Å². The lowest BCUT2D eigenvalue weighted by Gasteiger charge is -2.19. The Morgan fingerprint density at radius 3 is 2.58 bits per heavy atom. The van der Waals surface area contributed by atoms with Crippen LogP contribution in [0.2, 0.25) is 0 Å². The van der Waals surface area contributed by atoms with Crippen molar-refractivity contribution in [3.05, 3.63) is 18.1 Å². The van der Waals surface area contributed by atoms with E-state index in [-0.39, 0.29) is 6.54 Å². The summed E-state index contributed by atoms with van der Waals surface area (Å²) in [5, 5.41) is 3.18. The molecule has 0 saturated carbocycles. The zero-order valence-electron chi connectivity index (χ0n) is 11.3. The summed E-state index contributed by atoms with van der Waals surface area (Å²) in [5.74, 6) is 0.451. The minimum Gasteiger partial charge on any atom is -0.358 e. The molecule has 1 heterocycles. The van der Waals surface area contributed by atoms with Gasteiger partial charge in [0.1, 0.15) is 5.82 Å². The molecule has 1 N–H and O–H groups in total. The van der Waals surface area contributed by atoms with Gasteiger partial charge in [-0.1, -0.05) is 13.8 Å². The van der Waals surface area contributed by atoms with Crippen LogP contribution in [-0.2, 0) is 6.54 Å². The fourth-order valence-electron chi connectivity index (χ4n) is 1.38. The Hall–Kier alpha value is -1.37. The number of hydrogen-bond acceptors (Lipinski definition) is 4. The lowest BCUT2D eigenvalue weighted by Crippen LogP contribution is -2.26. The van der Waals surface area contributed by atoms with E-state index < -0.39 is 12.6 Å². The summed E-state index contributed by atoms with van der Waals surface area (Å²) in [6, 6.07) is 0.313. The molecule has 0 fully saturated rings. The van der Waals surface area contributed by atoms with E-state index in [1.807, 2.05) is 13.8 Å². The van der Waals surface area contributed by atoms with E-state index in [4.69, 9.17) is 0 Å². The zero-order valence-corrected chi connectivity index (χ0v) is 11.3. The fourth-order valence-corrected chi connectivity index (χ4v) is 1.38. The summed E-state index contributed by atoms with van der Waals surface area (Å²) in [7, 11) is 1.58. The van der Waals surface area contributed by atoms with Gasteiger partial charge in [-0.2, -0.15) is 13.2 Å². The van der Waals surface area contributed by atoms with Gasteiger partial charge in [0.15, 0.2) is 0 Å². The summed E-state index contributed by atoms with van der Waals surface area (Å²) in [5.41, 5.74) is 0.713. The van der Waals surface area contributed by atoms with Gasteiger partial charge in [0.25, 0.3) is 0 Å². The molecule has 0 aliphatic carbocycles. The van der Waals surface area contributed by atoms with Crippen LogP contribution in [0.5, 0.6) is 0 Å². The van der Waals surface area contributed by atoms with Crippen molar-refractivity contribution >= 4 is 5.82 Å². The molecule has 0 aliphatic rings. The maximum Gasteiger partial charge on any atom is 0.390 e. The van der Waals surface area contributed by atoms with Crippen molar-refractivity contribution in [1.29, 1.82) is 0 Å². The smallest absolute Gasteiger partial charge is 0.358 e. The Morgan fingerprint density at radius 1 is 1.32 bits per heavy atom. The topological polar surface area (TPSA) is 41.1 Å². The molecule has 0 saturated heterocycles. The van der Waals surface area contributed by atoms with Crippen LogP contribution in [0, 0.1) is 0 Å². The van der Waals surface area contributed by atoms with E-state index in [0.29, 0.717) is 24.1 Å². The zero-order chi connectivity index (χ0) is 14.5. The van der Waals surface area contributed by atoms with Crippen molar-refractivity contribution < 1.29 is 13.2 Å². The molecular weight excluding hydrogens is 257 g/mol. The summed E-state index contributed by atoms with van der Waals surface area (Å²) < 4.78 is 36.4.